The third-order valence-corrected chi connectivity index (χ3v) is 5.99. The predicted octanol–water partition coefficient (Wildman–Crippen LogP) is 4.76. The summed E-state index contributed by atoms with van der Waals surface area (Å²) in [6.45, 7) is 0.774. The highest BCUT2D eigenvalue weighted by Gasteiger charge is 2.31. The fourth-order valence-corrected chi connectivity index (χ4v) is 4.44. The minimum atomic E-state index is 0.0153. The smallest absolute Gasteiger partial charge is 0.277 e. The molecule has 0 unspecified atom stereocenters. The molecule has 28 heavy (non-hydrogen) atoms. The molecule has 2 aromatic heterocycles. The van der Waals surface area contributed by atoms with Gasteiger partial charge in [-0.2, -0.15) is 5.10 Å². The zero-order valence-corrected chi connectivity index (χ0v) is 16.2. The summed E-state index contributed by atoms with van der Waals surface area (Å²) in [6.07, 6.45) is 8.06. The number of carbonyl (C=O) groups is 1. The Kier molecular flexibility index (Phi) is 4.41. The van der Waals surface area contributed by atoms with E-state index in [1.807, 2.05) is 63.6 Å². The van der Waals surface area contributed by atoms with Gasteiger partial charge in [0.05, 0.1) is 10.6 Å². The molecule has 1 aromatic carbocycles. The first-order valence-corrected chi connectivity index (χ1v) is 10.5. The number of carbonyl (C=O) groups excluding carboxylic acids is 1. The van der Waals surface area contributed by atoms with Gasteiger partial charge in [0.25, 0.3) is 5.91 Å². The van der Waals surface area contributed by atoms with Crippen LogP contribution in [0.5, 0.6) is 0 Å². The van der Waals surface area contributed by atoms with Gasteiger partial charge in [0, 0.05) is 24.7 Å². The number of nitrogens with zero attached hydrogens (tertiary/aromatic N) is 4. The number of thiophene rings is 1. The van der Waals surface area contributed by atoms with Crippen molar-refractivity contribution in [3.05, 3.63) is 65.3 Å². The standard InChI is InChI=1S/C22H20N4OS/c27-22-18(23-20-11-5-2-6-12-25(20)22)14-16-15-26(17-8-3-1-4-9-17)24-21(16)19-10-7-13-28-19/h1,3-4,7-10,13-15H,2,5-6,11-12H2/b18-14+. The van der Waals surface area contributed by atoms with Gasteiger partial charge < -0.3 is 0 Å². The first-order valence-electron chi connectivity index (χ1n) is 9.60. The Balaban J connectivity index is 1.59. The number of amidine groups is 1. The van der Waals surface area contributed by atoms with Crippen molar-refractivity contribution in [2.45, 2.75) is 25.7 Å². The van der Waals surface area contributed by atoms with Crippen molar-refractivity contribution in [2.75, 3.05) is 6.54 Å². The van der Waals surface area contributed by atoms with Crippen LogP contribution in [0, 0.1) is 0 Å². The fraction of sp³-hybridized carbons (Fsp3) is 0.227. The molecular weight excluding hydrogens is 368 g/mol. The second-order valence-corrected chi connectivity index (χ2v) is 7.96. The Labute approximate surface area is 167 Å². The van der Waals surface area contributed by atoms with Crippen LogP contribution in [0.3, 0.4) is 0 Å². The Morgan fingerprint density at radius 2 is 1.93 bits per heavy atom. The Bertz CT molecular complexity index is 1060. The monoisotopic (exact) mass is 388 g/mol. The maximum atomic E-state index is 12.9. The topological polar surface area (TPSA) is 50.5 Å². The molecule has 1 saturated heterocycles. The highest BCUT2D eigenvalue weighted by atomic mass is 32.1. The van der Waals surface area contributed by atoms with Gasteiger partial charge in [-0.15, -0.1) is 11.3 Å². The summed E-state index contributed by atoms with van der Waals surface area (Å²) in [5.74, 6) is 0.934. The van der Waals surface area contributed by atoms with Crippen LogP contribution < -0.4 is 0 Å². The van der Waals surface area contributed by atoms with Gasteiger partial charge in [-0.25, -0.2) is 9.67 Å². The summed E-state index contributed by atoms with van der Waals surface area (Å²) >= 11 is 1.64. The third-order valence-electron chi connectivity index (χ3n) is 5.12. The summed E-state index contributed by atoms with van der Waals surface area (Å²) in [5.41, 5.74) is 3.29. The maximum Gasteiger partial charge on any atom is 0.277 e. The SMILES string of the molecule is O=C1/C(=C\c2cn(-c3ccccc3)nc2-c2cccs2)N=C2CCCCCN12. The average Bonchev–Trinajstić information content (AvgIpc) is 3.41. The highest BCUT2D eigenvalue weighted by molar-refractivity contribution is 7.13. The average molecular weight is 388 g/mol. The van der Waals surface area contributed by atoms with E-state index in [1.165, 1.54) is 0 Å². The molecule has 1 amide bonds. The van der Waals surface area contributed by atoms with Crippen molar-refractivity contribution in [1.29, 1.82) is 0 Å². The van der Waals surface area contributed by atoms with Crippen molar-refractivity contribution in [3.63, 3.8) is 0 Å². The van der Waals surface area contributed by atoms with Crippen molar-refractivity contribution in [1.82, 2.24) is 14.7 Å². The van der Waals surface area contributed by atoms with Gasteiger partial charge in [-0.3, -0.25) is 9.69 Å². The first-order chi connectivity index (χ1) is 13.8. The second-order valence-electron chi connectivity index (χ2n) is 7.02. The van der Waals surface area contributed by atoms with E-state index >= 15 is 0 Å². The van der Waals surface area contributed by atoms with Gasteiger partial charge >= 0.3 is 0 Å². The molecule has 3 aromatic rings. The Hall–Kier alpha value is -2.99. The number of fused-ring (bicyclic) bond motifs is 1. The van der Waals surface area contributed by atoms with E-state index in [0.29, 0.717) is 5.70 Å². The molecule has 5 nitrogen and oxygen atoms in total. The largest absolute Gasteiger partial charge is 0.295 e. The lowest BCUT2D eigenvalue weighted by Crippen LogP contribution is -2.31. The molecule has 1 fully saturated rings. The molecule has 2 aliphatic heterocycles. The maximum absolute atomic E-state index is 12.9. The van der Waals surface area contributed by atoms with E-state index in [4.69, 9.17) is 5.10 Å². The lowest BCUT2D eigenvalue weighted by Gasteiger charge is -2.13. The molecule has 4 heterocycles. The summed E-state index contributed by atoms with van der Waals surface area (Å²) in [7, 11) is 0. The first kappa shape index (κ1) is 17.1. The number of benzene rings is 1. The van der Waals surface area contributed by atoms with Crippen molar-refractivity contribution in [2.24, 2.45) is 4.99 Å². The number of para-hydroxylation sites is 1. The number of aliphatic imine (C=N–C) groups is 1. The second kappa shape index (κ2) is 7.20. The molecule has 140 valence electrons. The molecule has 5 rings (SSSR count). The van der Waals surface area contributed by atoms with Gasteiger partial charge in [-0.05, 0) is 42.5 Å². The van der Waals surface area contributed by atoms with E-state index in [-0.39, 0.29) is 5.91 Å². The minimum absolute atomic E-state index is 0.0153. The van der Waals surface area contributed by atoms with E-state index < -0.39 is 0 Å². The summed E-state index contributed by atoms with van der Waals surface area (Å²) in [5, 5.41) is 6.85. The number of aromatic nitrogens is 2. The van der Waals surface area contributed by atoms with Crippen molar-refractivity contribution >= 4 is 29.2 Å². The van der Waals surface area contributed by atoms with Crippen molar-refractivity contribution in [3.8, 4) is 16.3 Å². The summed E-state index contributed by atoms with van der Waals surface area (Å²) in [6, 6.07) is 14.1. The molecule has 0 bridgehead atoms. The molecule has 0 aliphatic carbocycles. The lowest BCUT2D eigenvalue weighted by molar-refractivity contribution is -0.122. The van der Waals surface area contributed by atoms with Crippen LogP contribution >= 0.6 is 11.3 Å². The minimum Gasteiger partial charge on any atom is -0.295 e. The number of hydrogen-bond acceptors (Lipinski definition) is 4. The van der Waals surface area contributed by atoms with Gasteiger partial charge in [-0.1, -0.05) is 30.7 Å². The Morgan fingerprint density at radius 3 is 2.75 bits per heavy atom. The third kappa shape index (κ3) is 3.10. The summed E-state index contributed by atoms with van der Waals surface area (Å²) in [4.78, 5) is 20.5. The van der Waals surface area contributed by atoms with Crippen LogP contribution in [-0.4, -0.2) is 33.0 Å². The van der Waals surface area contributed by atoms with Gasteiger partial charge in [0.15, 0.2) is 0 Å². The van der Waals surface area contributed by atoms with Crippen LogP contribution in [-0.2, 0) is 4.79 Å². The van der Waals surface area contributed by atoms with Crippen LogP contribution in [0.2, 0.25) is 0 Å². The normalized spacial score (nSPS) is 18.3. The molecule has 0 N–H and O–H groups in total. The Morgan fingerprint density at radius 1 is 1.04 bits per heavy atom. The summed E-state index contributed by atoms with van der Waals surface area (Å²) < 4.78 is 1.87. The zero-order valence-electron chi connectivity index (χ0n) is 15.4. The lowest BCUT2D eigenvalue weighted by atomic mass is 10.2. The molecule has 0 saturated carbocycles. The fourth-order valence-electron chi connectivity index (χ4n) is 3.71. The number of rotatable bonds is 3. The van der Waals surface area contributed by atoms with E-state index in [0.717, 1.165) is 59.9 Å². The number of amides is 1. The zero-order chi connectivity index (χ0) is 18.9. The molecule has 6 heteroatoms. The van der Waals surface area contributed by atoms with Crippen LogP contribution in [0.4, 0.5) is 0 Å². The van der Waals surface area contributed by atoms with Crippen LogP contribution in [0.25, 0.3) is 22.3 Å². The molecule has 0 radical (unpaired) electrons. The van der Waals surface area contributed by atoms with Crippen molar-refractivity contribution < 1.29 is 4.79 Å². The van der Waals surface area contributed by atoms with Crippen LogP contribution in [0.15, 0.2) is 64.7 Å². The predicted molar refractivity (Wildman–Crippen MR) is 112 cm³/mol. The van der Waals surface area contributed by atoms with E-state index in [1.54, 1.807) is 11.3 Å². The molecule has 2 aliphatic rings. The number of hydrogen-bond donors (Lipinski definition) is 0. The van der Waals surface area contributed by atoms with Gasteiger partial charge in [0.2, 0.25) is 0 Å². The highest BCUT2D eigenvalue weighted by Crippen LogP contribution is 2.31. The molecular formula is C22H20N4OS. The van der Waals surface area contributed by atoms with E-state index in [2.05, 4.69) is 11.1 Å². The molecule has 0 spiro atoms. The van der Waals surface area contributed by atoms with Crippen LogP contribution in [0.1, 0.15) is 31.2 Å². The quantitative estimate of drug-likeness (QED) is 0.608. The molecule has 0 atom stereocenters. The van der Waals surface area contributed by atoms with E-state index in [9.17, 15) is 4.79 Å². The van der Waals surface area contributed by atoms with Gasteiger partial charge in [0.1, 0.15) is 17.2 Å².